The molecule has 1 aromatic heterocycles. The third kappa shape index (κ3) is 4.25. The molecule has 0 aliphatic rings. The molecule has 0 bridgehead atoms. The lowest BCUT2D eigenvalue weighted by atomic mass is 10.2. The third-order valence-corrected chi connectivity index (χ3v) is 6.44. The first kappa shape index (κ1) is 18.7. The molecule has 0 unspecified atom stereocenters. The molecule has 11 heteroatoms. The number of ether oxygens (including phenoxy) is 1. The summed E-state index contributed by atoms with van der Waals surface area (Å²) in [5.41, 5.74) is 0. The van der Waals surface area contributed by atoms with Crippen LogP contribution in [0.15, 0.2) is 27.8 Å². The van der Waals surface area contributed by atoms with Gasteiger partial charge in [-0.05, 0) is 22.9 Å². The van der Waals surface area contributed by atoms with Crippen molar-refractivity contribution in [1.29, 1.82) is 0 Å². The van der Waals surface area contributed by atoms with Gasteiger partial charge in [0.25, 0.3) is 0 Å². The van der Waals surface area contributed by atoms with Gasteiger partial charge >= 0.3 is 18.1 Å². The van der Waals surface area contributed by atoms with Gasteiger partial charge in [-0.25, -0.2) is 13.2 Å². The van der Waals surface area contributed by atoms with Crippen molar-refractivity contribution in [1.82, 2.24) is 0 Å². The number of carbonyl (C=O) groups is 2. The predicted molar refractivity (Wildman–Crippen MR) is 80.7 cm³/mol. The van der Waals surface area contributed by atoms with Crippen LogP contribution in [0.3, 0.4) is 0 Å². The minimum atomic E-state index is -5.32. The van der Waals surface area contributed by atoms with Gasteiger partial charge in [0.1, 0.15) is 4.21 Å². The molecule has 5 nitrogen and oxygen atoms in total. The minimum Gasteiger partial charge on any atom is -0.386 e. The van der Waals surface area contributed by atoms with Gasteiger partial charge in [-0.15, -0.1) is 11.3 Å². The standard InChI is InChI=1S/C13H8ClF3O5S2/c14-8-1-2-9-7(5-8)6-23-11(9)24(20,21)4-3-10(18)22-12(19)13(15,16)17/h1-2,5-6H,3-4H2. The molecular formula is C13H8ClF3O5S2. The van der Waals surface area contributed by atoms with Crippen LogP contribution >= 0.6 is 22.9 Å². The van der Waals surface area contributed by atoms with Crippen molar-refractivity contribution in [2.24, 2.45) is 0 Å². The number of sulfone groups is 1. The summed E-state index contributed by atoms with van der Waals surface area (Å²) in [6.45, 7) is 0. The van der Waals surface area contributed by atoms with Crippen molar-refractivity contribution < 1.29 is 35.9 Å². The van der Waals surface area contributed by atoms with Gasteiger partial charge in [0, 0.05) is 10.4 Å². The van der Waals surface area contributed by atoms with Crippen LogP contribution in [0, 0.1) is 0 Å². The number of hydrogen-bond acceptors (Lipinski definition) is 6. The fraction of sp³-hybridized carbons (Fsp3) is 0.231. The molecule has 2 rings (SSSR count). The molecule has 0 amide bonds. The second-order valence-electron chi connectivity index (χ2n) is 4.58. The van der Waals surface area contributed by atoms with Crippen molar-refractivity contribution in [2.45, 2.75) is 16.8 Å². The molecule has 0 saturated carbocycles. The van der Waals surface area contributed by atoms with Crippen LogP contribution in [0.1, 0.15) is 6.42 Å². The van der Waals surface area contributed by atoms with Gasteiger partial charge in [0.05, 0.1) is 12.2 Å². The molecule has 0 aliphatic heterocycles. The molecule has 0 aliphatic carbocycles. The number of alkyl halides is 3. The summed E-state index contributed by atoms with van der Waals surface area (Å²) >= 11 is 6.70. The zero-order valence-corrected chi connectivity index (χ0v) is 14.0. The Morgan fingerprint density at radius 3 is 2.54 bits per heavy atom. The number of carbonyl (C=O) groups excluding carboxylic acids is 2. The first-order valence-corrected chi connectivity index (χ1v) is 9.13. The Hall–Kier alpha value is -1.65. The Balaban J connectivity index is 2.11. The average Bonchev–Trinajstić information content (AvgIpc) is 2.88. The van der Waals surface area contributed by atoms with Gasteiger partial charge in [0.2, 0.25) is 0 Å². The highest BCUT2D eigenvalue weighted by molar-refractivity contribution is 7.93. The lowest BCUT2D eigenvalue weighted by Gasteiger charge is -2.06. The number of benzene rings is 1. The summed E-state index contributed by atoms with van der Waals surface area (Å²) in [5, 5.41) is 2.95. The summed E-state index contributed by atoms with van der Waals surface area (Å²) in [7, 11) is -3.94. The fourth-order valence-electron chi connectivity index (χ4n) is 1.76. The van der Waals surface area contributed by atoms with E-state index in [4.69, 9.17) is 11.6 Å². The topological polar surface area (TPSA) is 77.5 Å². The van der Waals surface area contributed by atoms with Gasteiger partial charge in [-0.2, -0.15) is 13.2 Å². The van der Waals surface area contributed by atoms with Crippen LogP contribution in [0.2, 0.25) is 5.02 Å². The van der Waals surface area contributed by atoms with Crippen molar-refractivity contribution in [2.75, 3.05) is 5.75 Å². The summed E-state index contributed by atoms with van der Waals surface area (Å²) in [6.07, 6.45) is -6.20. The Labute approximate surface area is 142 Å². The Bertz CT molecular complexity index is 902. The van der Waals surface area contributed by atoms with E-state index in [0.29, 0.717) is 15.8 Å². The van der Waals surface area contributed by atoms with Crippen LogP contribution in [0.25, 0.3) is 10.8 Å². The lowest BCUT2D eigenvalue weighted by Crippen LogP contribution is -2.28. The van der Waals surface area contributed by atoms with Crippen LogP contribution in [-0.4, -0.2) is 32.3 Å². The molecule has 0 atom stereocenters. The van der Waals surface area contributed by atoms with E-state index in [1.807, 2.05) is 0 Å². The van der Waals surface area contributed by atoms with Crippen LogP contribution < -0.4 is 0 Å². The van der Waals surface area contributed by atoms with E-state index in [-0.39, 0.29) is 4.21 Å². The Morgan fingerprint density at radius 2 is 1.92 bits per heavy atom. The van der Waals surface area contributed by atoms with E-state index in [1.165, 1.54) is 12.1 Å². The number of esters is 2. The van der Waals surface area contributed by atoms with E-state index in [1.54, 1.807) is 11.4 Å². The molecule has 2 aromatic rings. The normalized spacial score (nSPS) is 12.3. The second kappa shape index (κ2) is 6.69. The molecule has 0 radical (unpaired) electrons. The van der Waals surface area contributed by atoms with E-state index in [0.717, 1.165) is 11.3 Å². The summed E-state index contributed by atoms with van der Waals surface area (Å²) < 4.78 is 63.9. The fourth-order valence-corrected chi connectivity index (χ4v) is 4.81. The molecule has 1 heterocycles. The first-order valence-electron chi connectivity index (χ1n) is 6.22. The zero-order chi connectivity index (χ0) is 18.1. The highest BCUT2D eigenvalue weighted by atomic mass is 35.5. The van der Waals surface area contributed by atoms with Gasteiger partial charge < -0.3 is 4.74 Å². The number of halogens is 4. The zero-order valence-electron chi connectivity index (χ0n) is 11.6. The number of thiophene rings is 1. The van der Waals surface area contributed by atoms with Crippen LogP contribution in [-0.2, 0) is 24.2 Å². The van der Waals surface area contributed by atoms with E-state index in [9.17, 15) is 31.2 Å². The third-order valence-electron chi connectivity index (χ3n) is 2.82. The largest absolute Gasteiger partial charge is 0.491 e. The van der Waals surface area contributed by atoms with Crippen LogP contribution in [0.5, 0.6) is 0 Å². The van der Waals surface area contributed by atoms with Crippen molar-refractivity contribution in [3.8, 4) is 0 Å². The smallest absolute Gasteiger partial charge is 0.386 e. The van der Waals surface area contributed by atoms with E-state index in [2.05, 4.69) is 4.74 Å². The Morgan fingerprint density at radius 1 is 1.25 bits per heavy atom. The highest BCUT2D eigenvalue weighted by Crippen LogP contribution is 2.32. The van der Waals surface area contributed by atoms with Gasteiger partial charge in [-0.1, -0.05) is 17.7 Å². The molecule has 0 N–H and O–H groups in total. The Kier molecular flexibility index (Phi) is 5.21. The molecule has 130 valence electrons. The first-order chi connectivity index (χ1) is 11.0. The molecule has 0 saturated heterocycles. The van der Waals surface area contributed by atoms with Crippen molar-refractivity contribution in [3.05, 3.63) is 28.6 Å². The maximum atomic E-state index is 12.2. The maximum absolute atomic E-state index is 12.2. The van der Waals surface area contributed by atoms with Crippen molar-refractivity contribution >= 4 is 55.5 Å². The predicted octanol–water partition coefficient (Wildman–Crippen LogP) is 3.35. The molecule has 24 heavy (non-hydrogen) atoms. The van der Waals surface area contributed by atoms with Gasteiger partial charge in [0.15, 0.2) is 9.84 Å². The second-order valence-corrected chi connectivity index (χ2v) is 8.20. The SMILES string of the molecule is O=C(CCS(=O)(=O)c1scc2cc(Cl)ccc12)OC(=O)C(F)(F)F. The van der Waals surface area contributed by atoms with Crippen LogP contribution in [0.4, 0.5) is 13.2 Å². The summed E-state index contributed by atoms with van der Waals surface area (Å²) in [5.74, 6) is -5.03. The maximum Gasteiger partial charge on any atom is 0.491 e. The van der Waals surface area contributed by atoms with Gasteiger partial charge in [-0.3, -0.25) is 4.79 Å². The summed E-state index contributed by atoms with van der Waals surface area (Å²) in [4.78, 5) is 21.7. The summed E-state index contributed by atoms with van der Waals surface area (Å²) in [6, 6.07) is 4.54. The number of fused-ring (bicyclic) bond motifs is 1. The molecular weight excluding hydrogens is 393 g/mol. The molecule has 0 fully saturated rings. The number of hydrogen-bond donors (Lipinski definition) is 0. The van der Waals surface area contributed by atoms with E-state index >= 15 is 0 Å². The minimum absolute atomic E-state index is 0.0379. The lowest BCUT2D eigenvalue weighted by molar-refractivity contribution is -0.201. The molecule has 0 spiro atoms. The quantitative estimate of drug-likeness (QED) is 0.581. The number of rotatable bonds is 4. The molecule has 1 aromatic carbocycles. The average molecular weight is 401 g/mol. The highest BCUT2D eigenvalue weighted by Gasteiger charge is 2.42. The van der Waals surface area contributed by atoms with E-state index < -0.39 is 40.1 Å². The monoisotopic (exact) mass is 400 g/mol. The van der Waals surface area contributed by atoms with Crippen molar-refractivity contribution in [3.63, 3.8) is 0 Å².